The molecule has 2 saturated carbocycles. The third-order valence-electron chi connectivity index (χ3n) is 5.29. The summed E-state index contributed by atoms with van der Waals surface area (Å²) in [7, 11) is 0. The van der Waals surface area contributed by atoms with Gasteiger partial charge in [0.2, 0.25) is 0 Å². The molecule has 160 valence electrons. The quantitative estimate of drug-likeness (QED) is 0.250. The van der Waals surface area contributed by atoms with Crippen molar-refractivity contribution in [3.05, 3.63) is 71.3 Å². The van der Waals surface area contributed by atoms with Crippen molar-refractivity contribution in [1.29, 1.82) is 0 Å². The van der Waals surface area contributed by atoms with Crippen molar-refractivity contribution in [2.75, 3.05) is 6.61 Å². The molecule has 0 bridgehead atoms. The average Bonchev–Trinajstić information content (AvgIpc) is 3.71. The zero-order valence-electron chi connectivity index (χ0n) is 17.2. The molecule has 0 aromatic heterocycles. The van der Waals surface area contributed by atoms with Crippen LogP contribution in [-0.4, -0.2) is 29.7 Å². The fraction of sp³-hybridized carbons (Fsp3) is 0.280. The summed E-state index contributed by atoms with van der Waals surface area (Å²) in [5, 5.41) is 11.6. The maximum absolute atomic E-state index is 12.9. The summed E-state index contributed by atoms with van der Waals surface area (Å²) in [5.41, 5.74) is 4.67. The summed E-state index contributed by atoms with van der Waals surface area (Å²) >= 11 is 0. The normalized spacial score (nSPS) is 16.2. The van der Waals surface area contributed by atoms with Crippen LogP contribution in [0.4, 0.5) is 0 Å². The van der Waals surface area contributed by atoms with E-state index in [-0.39, 0.29) is 11.9 Å². The molecule has 0 atom stereocenters. The fourth-order valence-electron chi connectivity index (χ4n) is 3.08. The van der Waals surface area contributed by atoms with E-state index in [0.717, 1.165) is 41.9 Å². The highest BCUT2D eigenvalue weighted by Gasteiger charge is 2.25. The number of hydroxylamine groups is 1. The van der Waals surface area contributed by atoms with Crippen molar-refractivity contribution < 1.29 is 19.5 Å². The van der Waals surface area contributed by atoms with Gasteiger partial charge in [-0.1, -0.05) is 36.4 Å². The minimum atomic E-state index is -0.590. The van der Waals surface area contributed by atoms with E-state index in [2.05, 4.69) is 5.32 Å². The third kappa shape index (κ3) is 6.30. The molecule has 0 heterocycles. The minimum absolute atomic E-state index is 0.0854. The molecule has 2 aliphatic carbocycles. The fourth-order valence-corrected chi connectivity index (χ4v) is 3.08. The standard InChI is InChI=1S/C25H26N2O4/c28-24(27-30)14-7-17-1-3-18(4-2-17)15-23(25(29)26-21-10-11-21)20-8-12-22(13-9-20)31-16-19-5-6-19/h1-4,7-9,12-15,19,21,30H,5-6,10-11,16H2,(H,26,29)(H,27,28). The van der Waals surface area contributed by atoms with Crippen LogP contribution in [0.5, 0.6) is 5.75 Å². The van der Waals surface area contributed by atoms with Crippen molar-refractivity contribution in [2.24, 2.45) is 5.92 Å². The molecule has 0 unspecified atom stereocenters. The lowest BCUT2D eigenvalue weighted by molar-refractivity contribution is -0.124. The van der Waals surface area contributed by atoms with Gasteiger partial charge >= 0.3 is 0 Å². The van der Waals surface area contributed by atoms with Crippen LogP contribution in [0.15, 0.2) is 54.6 Å². The van der Waals surface area contributed by atoms with E-state index in [4.69, 9.17) is 9.94 Å². The van der Waals surface area contributed by atoms with Crippen LogP contribution in [0, 0.1) is 5.92 Å². The number of hydrogen-bond acceptors (Lipinski definition) is 4. The van der Waals surface area contributed by atoms with Gasteiger partial charge < -0.3 is 10.1 Å². The lowest BCUT2D eigenvalue weighted by Crippen LogP contribution is -2.26. The molecule has 2 aliphatic rings. The van der Waals surface area contributed by atoms with Gasteiger partial charge in [0.1, 0.15) is 5.75 Å². The van der Waals surface area contributed by atoms with Gasteiger partial charge in [-0.25, -0.2) is 5.48 Å². The molecule has 6 nitrogen and oxygen atoms in total. The Labute approximate surface area is 181 Å². The van der Waals surface area contributed by atoms with Gasteiger partial charge in [-0.2, -0.15) is 0 Å². The number of carbonyl (C=O) groups is 2. The average molecular weight is 418 g/mol. The van der Waals surface area contributed by atoms with Crippen molar-refractivity contribution in [3.8, 4) is 5.75 Å². The second-order valence-electron chi connectivity index (χ2n) is 8.06. The van der Waals surface area contributed by atoms with Gasteiger partial charge in [-0.3, -0.25) is 14.8 Å². The van der Waals surface area contributed by atoms with Crippen LogP contribution in [0.2, 0.25) is 0 Å². The molecule has 2 aromatic carbocycles. The molecule has 2 fully saturated rings. The SMILES string of the molecule is O=C(C=Cc1ccc(C=C(C(=O)NC2CC2)c2ccc(OCC3CC3)cc2)cc1)NO. The first kappa shape index (κ1) is 20.9. The van der Waals surface area contributed by atoms with Crippen LogP contribution >= 0.6 is 0 Å². The topological polar surface area (TPSA) is 87.7 Å². The van der Waals surface area contributed by atoms with E-state index in [1.807, 2.05) is 54.6 Å². The number of nitrogens with one attached hydrogen (secondary N) is 2. The molecular formula is C25H26N2O4. The molecule has 0 aliphatic heterocycles. The molecule has 2 amide bonds. The lowest BCUT2D eigenvalue weighted by Gasteiger charge is -2.11. The maximum atomic E-state index is 12.9. The van der Waals surface area contributed by atoms with Crippen molar-refractivity contribution >= 4 is 29.5 Å². The van der Waals surface area contributed by atoms with Gasteiger partial charge in [0.05, 0.1) is 6.61 Å². The van der Waals surface area contributed by atoms with E-state index in [0.29, 0.717) is 11.5 Å². The molecule has 3 N–H and O–H groups in total. The van der Waals surface area contributed by atoms with Crippen molar-refractivity contribution in [3.63, 3.8) is 0 Å². The number of carbonyl (C=O) groups excluding carboxylic acids is 2. The third-order valence-corrected chi connectivity index (χ3v) is 5.29. The molecular weight excluding hydrogens is 392 g/mol. The Balaban J connectivity index is 1.52. The summed E-state index contributed by atoms with van der Waals surface area (Å²) in [6.45, 7) is 0.755. The first-order valence-electron chi connectivity index (χ1n) is 10.6. The summed E-state index contributed by atoms with van der Waals surface area (Å²) < 4.78 is 5.81. The van der Waals surface area contributed by atoms with Gasteiger partial charge in [0.15, 0.2) is 0 Å². The number of amides is 2. The van der Waals surface area contributed by atoms with Crippen molar-refractivity contribution in [1.82, 2.24) is 10.8 Å². The Morgan fingerprint density at radius 2 is 1.65 bits per heavy atom. The van der Waals surface area contributed by atoms with E-state index >= 15 is 0 Å². The molecule has 6 heteroatoms. The van der Waals surface area contributed by atoms with E-state index in [9.17, 15) is 9.59 Å². The summed E-state index contributed by atoms with van der Waals surface area (Å²) in [6.07, 6.45) is 9.24. The van der Waals surface area contributed by atoms with Gasteiger partial charge in [-0.05, 0) is 72.6 Å². The maximum Gasteiger partial charge on any atom is 0.267 e. The summed E-state index contributed by atoms with van der Waals surface area (Å²) in [4.78, 5) is 24.0. The van der Waals surface area contributed by atoms with Crippen LogP contribution in [0.3, 0.4) is 0 Å². The van der Waals surface area contributed by atoms with Crippen LogP contribution in [0.1, 0.15) is 42.4 Å². The van der Waals surface area contributed by atoms with Crippen LogP contribution in [-0.2, 0) is 9.59 Å². The van der Waals surface area contributed by atoms with Gasteiger partial charge in [-0.15, -0.1) is 0 Å². The Morgan fingerprint density at radius 1 is 0.968 bits per heavy atom. The Kier molecular flexibility index (Phi) is 6.48. The highest BCUT2D eigenvalue weighted by Crippen LogP contribution is 2.30. The second kappa shape index (κ2) is 9.62. The number of hydrogen-bond donors (Lipinski definition) is 3. The minimum Gasteiger partial charge on any atom is -0.493 e. The summed E-state index contributed by atoms with van der Waals surface area (Å²) in [6, 6.07) is 15.4. The lowest BCUT2D eigenvalue weighted by atomic mass is 10.0. The Morgan fingerprint density at radius 3 is 2.26 bits per heavy atom. The molecule has 0 saturated heterocycles. The number of benzene rings is 2. The Bertz CT molecular complexity index is 985. The number of ether oxygens (including phenoxy) is 1. The summed E-state index contributed by atoms with van der Waals surface area (Å²) in [5.74, 6) is 0.834. The predicted octanol–water partition coefficient (Wildman–Crippen LogP) is 3.81. The first-order chi connectivity index (χ1) is 15.1. The largest absolute Gasteiger partial charge is 0.493 e. The van der Waals surface area contributed by atoms with Crippen molar-refractivity contribution in [2.45, 2.75) is 31.7 Å². The second-order valence-corrected chi connectivity index (χ2v) is 8.06. The van der Waals surface area contributed by atoms with Gasteiger partial charge in [0, 0.05) is 17.7 Å². The van der Waals surface area contributed by atoms with Crippen LogP contribution < -0.4 is 15.5 Å². The molecule has 0 spiro atoms. The van der Waals surface area contributed by atoms with E-state index in [1.54, 1.807) is 11.6 Å². The Hall–Kier alpha value is -3.38. The highest BCUT2D eigenvalue weighted by molar-refractivity contribution is 6.24. The molecule has 4 rings (SSSR count). The smallest absolute Gasteiger partial charge is 0.267 e. The van der Waals surface area contributed by atoms with E-state index < -0.39 is 5.91 Å². The number of rotatable bonds is 9. The van der Waals surface area contributed by atoms with E-state index in [1.165, 1.54) is 18.9 Å². The highest BCUT2D eigenvalue weighted by atomic mass is 16.5. The first-order valence-corrected chi connectivity index (χ1v) is 10.6. The molecule has 31 heavy (non-hydrogen) atoms. The van der Waals surface area contributed by atoms with Gasteiger partial charge in [0.25, 0.3) is 11.8 Å². The predicted molar refractivity (Wildman–Crippen MR) is 119 cm³/mol. The zero-order chi connectivity index (χ0) is 21.6. The molecule has 2 aromatic rings. The zero-order valence-corrected chi connectivity index (χ0v) is 17.2. The molecule has 0 radical (unpaired) electrons. The van der Waals surface area contributed by atoms with Crippen LogP contribution in [0.25, 0.3) is 17.7 Å². The monoisotopic (exact) mass is 418 g/mol.